The maximum Gasteiger partial charge on any atom is 0.306 e. The Hall–Kier alpha value is -3.15. The standard InChI is InChI=1S/C71H126O6/c1-4-7-10-13-16-18-20-22-24-26-28-30-31-32-33-34-35-36-37-38-39-40-42-43-45-47-49-51-53-55-58-61-64-70(73)76-67-68(66-75-69(72)63-60-57-15-12-9-6-3)77-71(74)65-62-59-56-54-52-50-48-46-44-41-29-27-25-23-21-19-17-14-11-8-5-2/h8,11,17,19,23,25,29,41,46,48,52,54,68H,4-7,9-10,12-16,18,20-22,24,26-28,30-40,42-45,47,49-51,53,55-67H2,1-3H3/b11-8-,19-17-,25-23-,41-29-,48-46-,54-52-. The van der Waals surface area contributed by atoms with Gasteiger partial charge in [0.1, 0.15) is 13.2 Å². The lowest BCUT2D eigenvalue weighted by atomic mass is 10.0. The number of hydrogen-bond acceptors (Lipinski definition) is 6. The van der Waals surface area contributed by atoms with Crippen LogP contribution in [0, 0.1) is 0 Å². The van der Waals surface area contributed by atoms with Gasteiger partial charge in [0.15, 0.2) is 6.10 Å². The van der Waals surface area contributed by atoms with E-state index in [0.29, 0.717) is 19.3 Å². The number of unbranched alkanes of at least 4 members (excludes halogenated alkanes) is 38. The number of esters is 3. The third-order valence-electron chi connectivity index (χ3n) is 14.7. The quantitative estimate of drug-likeness (QED) is 0.0261. The van der Waals surface area contributed by atoms with Gasteiger partial charge in [-0.1, -0.05) is 325 Å². The number of rotatable bonds is 61. The SMILES string of the molecule is CC/C=C\C/C=C\C/C=C\C/C=C\C/C=C\C/C=C\CCCCC(=O)OC(COC(=O)CCCCCCCC)COC(=O)CCCCCCCCCCCCCCCCCCCCCCCCCCCCCCCCCC. The van der Waals surface area contributed by atoms with Crippen molar-refractivity contribution in [3.8, 4) is 0 Å². The van der Waals surface area contributed by atoms with E-state index >= 15 is 0 Å². The summed E-state index contributed by atoms with van der Waals surface area (Å²) in [5.74, 6) is -0.931. The molecule has 0 spiro atoms. The Balaban J connectivity index is 4.02. The zero-order chi connectivity index (χ0) is 55.7. The number of ether oxygens (including phenoxy) is 3. The largest absolute Gasteiger partial charge is 0.462 e. The molecule has 0 aliphatic rings. The van der Waals surface area contributed by atoms with Gasteiger partial charge in [0, 0.05) is 19.3 Å². The molecule has 0 aliphatic heterocycles. The highest BCUT2D eigenvalue weighted by atomic mass is 16.6. The van der Waals surface area contributed by atoms with Crippen molar-refractivity contribution in [2.24, 2.45) is 0 Å². The summed E-state index contributed by atoms with van der Waals surface area (Å²) >= 11 is 0. The summed E-state index contributed by atoms with van der Waals surface area (Å²) in [6.45, 7) is 6.47. The normalized spacial score (nSPS) is 12.5. The van der Waals surface area contributed by atoms with Crippen LogP contribution in [0.3, 0.4) is 0 Å². The molecule has 0 aliphatic carbocycles. The summed E-state index contributed by atoms with van der Waals surface area (Å²) < 4.78 is 16.8. The van der Waals surface area contributed by atoms with Crippen LogP contribution < -0.4 is 0 Å². The van der Waals surface area contributed by atoms with E-state index < -0.39 is 6.10 Å². The molecule has 0 fully saturated rings. The highest BCUT2D eigenvalue weighted by Gasteiger charge is 2.19. The van der Waals surface area contributed by atoms with Gasteiger partial charge in [-0.15, -0.1) is 0 Å². The molecular formula is C71H126O6. The van der Waals surface area contributed by atoms with Gasteiger partial charge in [0.05, 0.1) is 0 Å². The van der Waals surface area contributed by atoms with Crippen LogP contribution in [0.1, 0.15) is 342 Å². The zero-order valence-corrected chi connectivity index (χ0v) is 51.2. The molecule has 6 heteroatoms. The first-order valence-corrected chi connectivity index (χ1v) is 33.4. The second-order valence-corrected chi connectivity index (χ2v) is 22.4. The van der Waals surface area contributed by atoms with E-state index in [1.807, 2.05) is 0 Å². The minimum absolute atomic E-state index is 0.0902. The fourth-order valence-electron chi connectivity index (χ4n) is 9.74. The molecule has 0 aromatic carbocycles. The minimum atomic E-state index is -0.795. The average molecular weight is 1080 g/mol. The molecule has 0 radical (unpaired) electrons. The van der Waals surface area contributed by atoms with E-state index in [0.717, 1.165) is 89.9 Å². The van der Waals surface area contributed by atoms with Crippen LogP contribution in [0.2, 0.25) is 0 Å². The number of allylic oxidation sites excluding steroid dienone is 12. The highest BCUT2D eigenvalue weighted by molar-refractivity contribution is 5.71. The van der Waals surface area contributed by atoms with Crippen molar-refractivity contribution in [3.05, 3.63) is 72.9 Å². The van der Waals surface area contributed by atoms with Crippen LogP contribution in [0.15, 0.2) is 72.9 Å². The lowest BCUT2D eigenvalue weighted by molar-refractivity contribution is -0.167. The van der Waals surface area contributed by atoms with Crippen molar-refractivity contribution in [3.63, 3.8) is 0 Å². The van der Waals surface area contributed by atoms with Gasteiger partial charge in [0.25, 0.3) is 0 Å². The monoisotopic (exact) mass is 1070 g/mol. The molecule has 0 bridgehead atoms. The molecule has 1 atom stereocenters. The second-order valence-electron chi connectivity index (χ2n) is 22.4. The summed E-state index contributed by atoms with van der Waals surface area (Å²) in [4.78, 5) is 38.0. The predicted octanol–water partition coefficient (Wildman–Crippen LogP) is 22.9. The van der Waals surface area contributed by atoms with E-state index in [1.165, 1.54) is 205 Å². The predicted molar refractivity (Wildman–Crippen MR) is 335 cm³/mol. The fraction of sp³-hybridized carbons (Fsp3) is 0.789. The number of carbonyl (C=O) groups is 3. The van der Waals surface area contributed by atoms with Crippen LogP contribution in [0.5, 0.6) is 0 Å². The van der Waals surface area contributed by atoms with E-state index in [-0.39, 0.29) is 37.5 Å². The molecule has 0 saturated heterocycles. The lowest BCUT2D eigenvalue weighted by Crippen LogP contribution is -2.30. The average Bonchev–Trinajstić information content (AvgIpc) is 3.43. The topological polar surface area (TPSA) is 78.9 Å². The molecule has 0 rings (SSSR count). The van der Waals surface area contributed by atoms with Crippen LogP contribution >= 0.6 is 0 Å². The first-order valence-electron chi connectivity index (χ1n) is 33.4. The fourth-order valence-corrected chi connectivity index (χ4v) is 9.74. The Labute approximate surface area is 478 Å². The van der Waals surface area contributed by atoms with E-state index in [4.69, 9.17) is 14.2 Å². The Morgan fingerprint density at radius 1 is 0.273 bits per heavy atom. The molecule has 0 saturated carbocycles. The maximum atomic E-state index is 12.8. The van der Waals surface area contributed by atoms with Crippen molar-refractivity contribution in [2.45, 2.75) is 348 Å². The van der Waals surface area contributed by atoms with Crippen molar-refractivity contribution < 1.29 is 28.6 Å². The third kappa shape index (κ3) is 63.6. The Morgan fingerprint density at radius 3 is 0.792 bits per heavy atom. The van der Waals surface area contributed by atoms with E-state index in [9.17, 15) is 14.4 Å². The second kappa shape index (κ2) is 65.4. The van der Waals surface area contributed by atoms with Crippen molar-refractivity contribution in [1.29, 1.82) is 0 Å². The summed E-state index contributed by atoms with van der Waals surface area (Å²) in [5, 5.41) is 0. The van der Waals surface area contributed by atoms with Gasteiger partial charge in [0.2, 0.25) is 0 Å². The molecular weight excluding hydrogens is 949 g/mol. The molecule has 0 amide bonds. The third-order valence-corrected chi connectivity index (χ3v) is 14.7. The summed E-state index contributed by atoms with van der Waals surface area (Å²) in [5.41, 5.74) is 0. The molecule has 77 heavy (non-hydrogen) atoms. The zero-order valence-electron chi connectivity index (χ0n) is 51.2. The molecule has 0 aromatic rings. The maximum absolute atomic E-state index is 12.8. The molecule has 0 N–H and O–H groups in total. The van der Waals surface area contributed by atoms with Gasteiger partial charge in [-0.3, -0.25) is 14.4 Å². The first kappa shape index (κ1) is 73.8. The molecule has 6 nitrogen and oxygen atoms in total. The van der Waals surface area contributed by atoms with Gasteiger partial charge in [-0.2, -0.15) is 0 Å². The molecule has 0 aromatic heterocycles. The summed E-state index contributed by atoms with van der Waals surface area (Å²) in [6, 6.07) is 0. The number of carbonyl (C=O) groups excluding carboxylic acids is 3. The lowest BCUT2D eigenvalue weighted by Gasteiger charge is -2.18. The molecule has 0 heterocycles. The van der Waals surface area contributed by atoms with Gasteiger partial charge < -0.3 is 14.2 Å². The Bertz CT molecular complexity index is 1420. The Kier molecular flexibility index (Phi) is 62.7. The van der Waals surface area contributed by atoms with Crippen LogP contribution in [-0.4, -0.2) is 37.2 Å². The summed E-state index contributed by atoms with van der Waals surface area (Å²) in [7, 11) is 0. The smallest absolute Gasteiger partial charge is 0.306 e. The van der Waals surface area contributed by atoms with Crippen LogP contribution in [-0.2, 0) is 28.6 Å². The first-order chi connectivity index (χ1) is 38.0. The van der Waals surface area contributed by atoms with Gasteiger partial charge in [-0.25, -0.2) is 0 Å². The molecule has 1 unspecified atom stereocenters. The van der Waals surface area contributed by atoms with Crippen molar-refractivity contribution in [1.82, 2.24) is 0 Å². The van der Waals surface area contributed by atoms with Gasteiger partial charge in [-0.05, 0) is 70.6 Å². The Morgan fingerprint density at radius 2 is 0.506 bits per heavy atom. The summed E-state index contributed by atoms with van der Waals surface area (Å²) in [6.07, 6.45) is 85.5. The van der Waals surface area contributed by atoms with Crippen LogP contribution in [0.4, 0.5) is 0 Å². The highest BCUT2D eigenvalue weighted by Crippen LogP contribution is 2.18. The molecule has 446 valence electrons. The van der Waals surface area contributed by atoms with Crippen LogP contribution in [0.25, 0.3) is 0 Å². The van der Waals surface area contributed by atoms with E-state index in [2.05, 4.69) is 93.7 Å². The van der Waals surface area contributed by atoms with E-state index in [1.54, 1.807) is 0 Å². The van der Waals surface area contributed by atoms with Crippen molar-refractivity contribution >= 4 is 17.9 Å². The number of hydrogen-bond donors (Lipinski definition) is 0. The van der Waals surface area contributed by atoms with Crippen molar-refractivity contribution in [2.75, 3.05) is 13.2 Å². The minimum Gasteiger partial charge on any atom is -0.462 e. The van der Waals surface area contributed by atoms with Gasteiger partial charge >= 0.3 is 17.9 Å².